The van der Waals surface area contributed by atoms with Crippen molar-refractivity contribution in [1.82, 2.24) is 25.2 Å². The summed E-state index contributed by atoms with van der Waals surface area (Å²) in [5, 5.41) is 6.69. The van der Waals surface area contributed by atoms with Crippen LogP contribution in [0.4, 0.5) is 5.69 Å². The van der Waals surface area contributed by atoms with Crippen LogP contribution in [0.2, 0.25) is 0 Å². The molecule has 0 saturated carbocycles. The molecule has 172 valence electrons. The van der Waals surface area contributed by atoms with Gasteiger partial charge in [-0.05, 0) is 18.6 Å². The fourth-order valence-corrected chi connectivity index (χ4v) is 4.14. The number of pyridine rings is 2. The molecule has 2 N–H and O–H groups in total. The number of hydrogen-bond acceptors (Lipinski definition) is 10. The van der Waals surface area contributed by atoms with Crippen LogP contribution in [-0.4, -0.2) is 65.8 Å². The molecule has 1 fully saturated rings. The van der Waals surface area contributed by atoms with Gasteiger partial charge in [-0.25, -0.2) is 9.97 Å². The molecule has 2 aliphatic rings. The molecular formula is C22H24N6O5. The van der Waals surface area contributed by atoms with E-state index in [9.17, 15) is 4.79 Å². The minimum Gasteiger partial charge on any atom is -0.491 e. The molecule has 0 radical (unpaired) electrons. The number of aromatic nitrogens is 3. The number of nitrogens with zero attached hydrogens (tertiary/aromatic N) is 4. The van der Waals surface area contributed by atoms with E-state index < -0.39 is 6.23 Å². The van der Waals surface area contributed by atoms with Crippen LogP contribution in [0.3, 0.4) is 0 Å². The summed E-state index contributed by atoms with van der Waals surface area (Å²) in [4.78, 5) is 27.2. The predicted molar refractivity (Wildman–Crippen MR) is 117 cm³/mol. The maximum atomic E-state index is 12.6. The van der Waals surface area contributed by atoms with Crippen molar-refractivity contribution >= 4 is 11.6 Å². The maximum absolute atomic E-state index is 12.6. The molecule has 2 atom stereocenters. The molecular weight excluding hydrogens is 428 g/mol. The number of ether oxygens (including phenoxy) is 3. The van der Waals surface area contributed by atoms with Gasteiger partial charge in [0, 0.05) is 42.3 Å². The van der Waals surface area contributed by atoms with Gasteiger partial charge >= 0.3 is 0 Å². The minimum atomic E-state index is -0.412. The molecule has 33 heavy (non-hydrogen) atoms. The van der Waals surface area contributed by atoms with Gasteiger partial charge in [-0.15, -0.1) is 0 Å². The molecule has 0 bridgehead atoms. The number of likely N-dealkylation sites (tertiary alicyclic amines) is 1. The van der Waals surface area contributed by atoms with Gasteiger partial charge in [0.25, 0.3) is 11.8 Å². The monoisotopic (exact) mass is 452 g/mol. The van der Waals surface area contributed by atoms with Gasteiger partial charge in [-0.2, -0.15) is 0 Å². The van der Waals surface area contributed by atoms with Crippen molar-refractivity contribution < 1.29 is 23.4 Å². The summed E-state index contributed by atoms with van der Waals surface area (Å²) in [7, 11) is 3.11. The van der Waals surface area contributed by atoms with E-state index in [0.717, 1.165) is 28.9 Å². The Morgan fingerprint density at radius 1 is 1.24 bits per heavy atom. The third kappa shape index (κ3) is 4.08. The third-order valence-corrected chi connectivity index (χ3v) is 5.74. The van der Waals surface area contributed by atoms with Crippen molar-refractivity contribution in [2.45, 2.75) is 18.8 Å². The lowest BCUT2D eigenvalue weighted by molar-refractivity contribution is -0.0261. The topological polar surface area (TPSA) is 124 Å². The molecule has 2 unspecified atom stereocenters. The normalized spacial score (nSPS) is 19.6. The number of rotatable bonds is 6. The fourth-order valence-electron chi connectivity index (χ4n) is 4.14. The second kappa shape index (κ2) is 9.04. The van der Waals surface area contributed by atoms with E-state index in [1.165, 1.54) is 12.7 Å². The summed E-state index contributed by atoms with van der Waals surface area (Å²) < 4.78 is 22.0. The number of amides is 1. The quantitative estimate of drug-likeness (QED) is 0.574. The number of carbonyl (C=O) groups is 1. The number of anilines is 1. The zero-order chi connectivity index (χ0) is 22.8. The largest absolute Gasteiger partial charge is 0.491 e. The average molecular weight is 452 g/mol. The van der Waals surface area contributed by atoms with Gasteiger partial charge in [0.1, 0.15) is 12.5 Å². The number of fused-ring (bicyclic) bond motifs is 1. The van der Waals surface area contributed by atoms with Crippen LogP contribution in [-0.2, 0) is 4.74 Å². The number of nitrogens with one attached hydrogen (secondary N) is 2. The van der Waals surface area contributed by atoms with E-state index in [0.29, 0.717) is 37.1 Å². The minimum absolute atomic E-state index is 0.138. The first-order chi connectivity index (χ1) is 16.2. The lowest BCUT2D eigenvalue weighted by atomic mass is 10.0. The van der Waals surface area contributed by atoms with Gasteiger partial charge in [-0.3, -0.25) is 15.1 Å². The van der Waals surface area contributed by atoms with Crippen molar-refractivity contribution in [2.75, 3.05) is 39.3 Å². The Labute approximate surface area is 190 Å². The molecule has 3 aromatic heterocycles. The molecule has 1 amide bonds. The van der Waals surface area contributed by atoms with Crippen molar-refractivity contribution in [2.24, 2.45) is 0 Å². The highest BCUT2D eigenvalue weighted by Gasteiger charge is 2.33. The molecule has 11 heteroatoms. The summed E-state index contributed by atoms with van der Waals surface area (Å²) >= 11 is 0. The lowest BCUT2D eigenvalue weighted by Crippen LogP contribution is -2.38. The molecule has 1 saturated heterocycles. The zero-order valence-electron chi connectivity index (χ0n) is 18.3. The number of hydrogen-bond donors (Lipinski definition) is 2. The number of carbonyl (C=O) groups excluding carboxylic acids is 1. The Balaban J connectivity index is 1.39. The van der Waals surface area contributed by atoms with Crippen LogP contribution in [0.1, 0.15) is 28.7 Å². The first-order valence-electron chi connectivity index (χ1n) is 10.6. The molecule has 3 aromatic rings. The molecule has 11 nitrogen and oxygen atoms in total. The standard InChI is InChI=1S/C22H24N6O5/c1-30-17-7-13(8-24-20(17)31-2)19-18-15(3-5-23-19)25-11-26-21(18)33-14-4-6-28(9-14)22(29)16-10-32-12-27-16/h3,5,7-8,10,12,14,21,25-26H,4,6,9,11H2,1-2H3. The van der Waals surface area contributed by atoms with Crippen LogP contribution < -0.4 is 20.1 Å². The molecule has 2 aliphatic heterocycles. The van der Waals surface area contributed by atoms with Crippen molar-refractivity contribution in [3.05, 3.63) is 48.4 Å². The fraction of sp³-hybridized carbons (Fsp3) is 0.364. The van der Waals surface area contributed by atoms with Crippen molar-refractivity contribution in [3.8, 4) is 22.9 Å². The Bertz CT molecular complexity index is 1140. The lowest BCUT2D eigenvalue weighted by Gasteiger charge is -2.31. The van der Waals surface area contributed by atoms with E-state index in [2.05, 4.69) is 25.6 Å². The highest BCUT2D eigenvalue weighted by Crippen LogP contribution is 2.38. The molecule has 5 rings (SSSR count). The average Bonchev–Trinajstić information content (AvgIpc) is 3.56. The van der Waals surface area contributed by atoms with E-state index in [4.69, 9.17) is 18.6 Å². The van der Waals surface area contributed by atoms with Crippen LogP contribution in [0.15, 0.2) is 41.6 Å². The smallest absolute Gasteiger partial charge is 0.275 e. The van der Waals surface area contributed by atoms with Gasteiger partial charge in [0.15, 0.2) is 17.8 Å². The van der Waals surface area contributed by atoms with E-state index in [1.807, 2.05) is 12.1 Å². The summed E-state index contributed by atoms with van der Waals surface area (Å²) in [6, 6.07) is 3.76. The molecule has 0 aliphatic carbocycles. The number of methoxy groups -OCH3 is 2. The second-order valence-electron chi connectivity index (χ2n) is 7.67. The van der Waals surface area contributed by atoms with E-state index in [-0.39, 0.29) is 12.0 Å². The first kappa shape index (κ1) is 21.2. The highest BCUT2D eigenvalue weighted by molar-refractivity contribution is 5.92. The highest BCUT2D eigenvalue weighted by atomic mass is 16.5. The van der Waals surface area contributed by atoms with Gasteiger partial charge in [0.2, 0.25) is 0 Å². The van der Waals surface area contributed by atoms with Crippen LogP contribution >= 0.6 is 0 Å². The number of oxazole rings is 1. The Hall–Kier alpha value is -3.70. The predicted octanol–water partition coefficient (Wildman–Crippen LogP) is 2.05. The molecule has 0 spiro atoms. The summed E-state index contributed by atoms with van der Waals surface area (Å²) in [6.45, 7) is 1.60. The van der Waals surface area contributed by atoms with E-state index in [1.54, 1.807) is 31.5 Å². The summed E-state index contributed by atoms with van der Waals surface area (Å²) in [6.07, 6.45) is 6.22. The second-order valence-corrected chi connectivity index (χ2v) is 7.67. The van der Waals surface area contributed by atoms with E-state index >= 15 is 0 Å². The SMILES string of the molecule is COc1cc(-c2nccc3c2C(OC2CCN(C(=O)c4cocn4)C2)NCN3)cnc1OC. The maximum Gasteiger partial charge on any atom is 0.275 e. The zero-order valence-corrected chi connectivity index (χ0v) is 18.3. The van der Waals surface area contributed by atoms with Crippen LogP contribution in [0.5, 0.6) is 11.6 Å². The van der Waals surface area contributed by atoms with Gasteiger partial charge < -0.3 is 28.8 Å². The van der Waals surface area contributed by atoms with Gasteiger partial charge in [0.05, 0.1) is 32.7 Å². The summed E-state index contributed by atoms with van der Waals surface area (Å²) in [5.74, 6) is 0.756. The van der Waals surface area contributed by atoms with Crippen LogP contribution in [0, 0.1) is 0 Å². The van der Waals surface area contributed by atoms with Gasteiger partial charge in [-0.1, -0.05) is 0 Å². The molecule has 5 heterocycles. The van der Waals surface area contributed by atoms with Crippen molar-refractivity contribution in [1.29, 1.82) is 0 Å². The molecule has 0 aromatic carbocycles. The first-order valence-corrected chi connectivity index (χ1v) is 10.6. The Morgan fingerprint density at radius 3 is 2.94 bits per heavy atom. The third-order valence-electron chi connectivity index (χ3n) is 5.74. The Morgan fingerprint density at radius 2 is 2.15 bits per heavy atom. The van der Waals surface area contributed by atoms with Crippen LogP contribution in [0.25, 0.3) is 11.3 Å². The van der Waals surface area contributed by atoms with Crippen molar-refractivity contribution in [3.63, 3.8) is 0 Å². The Kier molecular flexibility index (Phi) is 5.80. The summed E-state index contributed by atoms with van der Waals surface area (Å²) in [5.41, 5.74) is 3.59.